The fraction of sp³-hybridized carbons (Fsp3) is 0.473. The van der Waals surface area contributed by atoms with E-state index in [0.29, 0.717) is 107 Å². The summed E-state index contributed by atoms with van der Waals surface area (Å²) in [4.78, 5) is 52.2. The Morgan fingerprint density at radius 3 is 1.37 bits per heavy atom. The summed E-state index contributed by atoms with van der Waals surface area (Å²) in [5.74, 6) is 6.34. The molecule has 0 radical (unpaired) electrons. The van der Waals surface area contributed by atoms with Crippen molar-refractivity contribution in [3.8, 4) is 92.6 Å². The van der Waals surface area contributed by atoms with E-state index < -0.39 is 75.5 Å². The molecule has 2 unspecified atom stereocenters. The molecule has 28 nitrogen and oxygen atoms in total. The van der Waals surface area contributed by atoms with Crippen LogP contribution in [0.15, 0.2) is 87.0 Å². The number of aromatic hydroxyl groups is 1. The largest absolute Gasteiger partial charge is 0.514 e. The summed E-state index contributed by atoms with van der Waals surface area (Å²) in [6, 6.07) is 12.3. The van der Waals surface area contributed by atoms with Gasteiger partial charge in [0.2, 0.25) is 13.6 Å². The van der Waals surface area contributed by atoms with Crippen molar-refractivity contribution in [3.63, 3.8) is 0 Å². The number of esters is 2. The first-order valence-corrected chi connectivity index (χ1v) is 43.6. The van der Waals surface area contributed by atoms with Gasteiger partial charge in [-0.1, -0.05) is 62.8 Å². The van der Waals surface area contributed by atoms with Gasteiger partial charge in [-0.3, -0.25) is 30.2 Å². The number of hydrogen-bond donors (Lipinski definition) is 3. The average molecular weight is 1720 g/mol. The predicted molar refractivity (Wildman–Crippen MR) is 458 cm³/mol. The molecule has 6 aromatic rings. The molecule has 2 spiro atoms. The number of carbonyl (C=O) groups is 3. The molecule has 14 heterocycles. The summed E-state index contributed by atoms with van der Waals surface area (Å²) in [5.41, 5.74) is 10.5. The summed E-state index contributed by atoms with van der Waals surface area (Å²) in [6.07, 6.45) is 8.30. The third kappa shape index (κ3) is 13.5. The van der Waals surface area contributed by atoms with E-state index in [1.807, 2.05) is 27.7 Å². The van der Waals surface area contributed by atoms with Gasteiger partial charge in [-0.2, -0.15) is 10.5 Å². The van der Waals surface area contributed by atoms with E-state index in [1.54, 1.807) is 107 Å². The summed E-state index contributed by atoms with van der Waals surface area (Å²) < 4.78 is 99.5. The summed E-state index contributed by atoms with van der Waals surface area (Å²) in [5, 5.41) is 39.8. The van der Waals surface area contributed by atoms with Crippen LogP contribution in [-0.4, -0.2) is 205 Å². The smallest absolute Gasteiger partial charge is 0.504 e. The number of methoxy groups -OCH3 is 4. The van der Waals surface area contributed by atoms with Crippen molar-refractivity contribution in [1.29, 1.82) is 10.5 Å². The molecule has 4 saturated heterocycles. The van der Waals surface area contributed by atoms with Crippen LogP contribution in [0, 0.1) is 50.4 Å². The maximum atomic E-state index is 15.2. The van der Waals surface area contributed by atoms with E-state index >= 15 is 4.79 Å². The van der Waals surface area contributed by atoms with Crippen LogP contribution < -0.4 is 72.2 Å². The van der Waals surface area contributed by atoms with Gasteiger partial charge in [-0.05, 0) is 157 Å². The van der Waals surface area contributed by atoms with E-state index in [-0.39, 0.29) is 118 Å². The lowest BCUT2D eigenvalue weighted by atomic mass is 9.71. The highest BCUT2D eigenvalue weighted by Gasteiger charge is 2.65. The Bertz CT molecular complexity index is 5450. The third-order valence-electron chi connectivity index (χ3n) is 26.3. The lowest BCUT2D eigenvalue weighted by molar-refractivity contribution is -0.158. The number of nitrogens with one attached hydrogen (secondary N) is 2. The lowest BCUT2D eigenvalue weighted by Gasteiger charge is -2.62. The summed E-state index contributed by atoms with van der Waals surface area (Å²) in [7, 11) is 10.5. The molecule has 14 aliphatic heterocycles. The number of aryl methyl sites for hydroxylation is 2. The van der Waals surface area contributed by atoms with Crippen LogP contribution in [0.3, 0.4) is 0 Å². The maximum Gasteiger partial charge on any atom is 0.514 e. The molecule has 6 aromatic carbocycles. The highest BCUT2D eigenvalue weighted by molar-refractivity contribution is 7.99. The molecular formula is C93H104N8O20S2. The minimum absolute atomic E-state index is 0.00125. The van der Waals surface area contributed by atoms with Gasteiger partial charge < -0.3 is 80.9 Å². The quantitative estimate of drug-likeness (QED) is 0.0331. The number of rotatable bonds is 17. The second-order valence-corrected chi connectivity index (χ2v) is 36.2. The van der Waals surface area contributed by atoms with Gasteiger partial charge in [-0.15, -0.1) is 23.5 Å². The summed E-state index contributed by atoms with van der Waals surface area (Å²) >= 11 is 3.20. The average Bonchev–Trinajstić information content (AvgIpc) is 1.66. The molecule has 30 heteroatoms. The number of likely N-dealkylation sites (N-methyl/N-ethyl adjacent to an activating group) is 2. The zero-order valence-corrected chi connectivity index (χ0v) is 73.2. The molecule has 0 amide bonds. The minimum atomic E-state index is -1.38. The molecular weight excluding hydrogens is 1610 g/mol. The van der Waals surface area contributed by atoms with Gasteiger partial charge in [-0.25, -0.2) is 14.4 Å². The molecule has 8 bridgehead atoms. The molecule has 3 N–H and O–H groups in total. The number of hydrogen-bond acceptors (Lipinski definition) is 30. The molecule has 4 fully saturated rings. The van der Waals surface area contributed by atoms with E-state index in [0.717, 1.165) is 77.9 Å². The number of carbonyl (C=O) groups excluding carboxylic acids is 3. The Morgan fingerprint density at radius 2 is 0.959 bits per heavy atom. The zero-order chi connectivity index (χ0) is 86.7. The predicted octanol–water partition coefficient (Wildman–Crippen LogP) is 12.6. The molecule has 14 atom stereocenters. The second-order valence-electron chi connectivity index (χ2n) is 33.9. The Hall–Kier alpha value is -10.7. The fourth-order valence-corrected chi connectivity index (χ4v) is 24.8. The number of fused-ring (bicyclic) bond motifs is 18. The Morgan fingerprint density at radius 1 is 0.545 bits per heavy atom. The van der Waals surface area contributed by atoms with Crippen molar-refractivity contribution in [2.24, 2.45) is 0 Å². The third-order valence-corrected chi connectivity index (χ3v) is 29.2. The monoisotopic (exact) mass is 1720 g/mol. The number of phenolic OH excluding ortho intramolecular Hbond substituents is 1. The van der Waals surface area contributed by atoms with Crippen LogP contribution in [-0.2, 0) is 60.6 Å². The Balaban J connectivity index is 0.000000176. The number of piperazine rings is 2. The molecule has 20 rings (SSSR count). The molecule has 0 aliphatic carbocycles. The first-order valence-electron chi connectivity index (χ1n) is 41.5. The van der Waals surface area contributed by atoms with Crippen molar-refractivity contribution in [3.05, 3.63) is 176 Å². The van der Waals surface area contributed by atoms with Gasteiger partial charge >= 0.3 is 18.1 Å². The minimum Gasteiger partial charge on any atom is -0.504 e. The van der Waals surface area contributed by atoms with E-state index in [1.165, 1.54) is 14.2 Å². The molecule has 14 aliphatic rings. The lowest BCUT2D eigenvalue weighted by Crippen LogP contribution is -2.69. The van der Waals surface area contributed by atoms with Gasteiger partial charge in [0.25, 0.3) is 0 Å². The van der Waals surface area contributed by atoms with E-state index in [2.05, 4.69) is 94.9 Å². The number of thioether (sulfide) groups is 2. The SMILES string of the molecule is C=CCOc1c(C)c2c(c3c1[C@H]1SC[C@]4(NCCc5cc(O)c(OC)cc54)C(=O)OC[C@@H]3N3C1[C@H]1c4c(cc(C)c(OC)c4OCC=C)C[C@@H]([C@@H]3C#N)N1C)OCO2.C=CCOc1c(C)c2c(c3c1[C@H]1SC[C@]4(NCCc5cc(OC(=O)OC(C)(C)C)c(OC)cc54)C(=O)OC[C@@H]3N3C1[C@H]1c4c(cc(C)c(OC)c4OCC=C)C[C@@H]([C@@H]3C#N)N1C)OCO2. The first kappa shape index (κ1) is 84.5. The second kappa shape index (κ2) is 33.1. The van der Waals surface area contributed by atoms with Crippen LogP contribution in [0.4, 0.5) is 4.79 Å². The van der Waals surface area contributed by atoms with E-state index in [4.69, 9.17) is 75.8 Å². The molecule has 0 aromatic heterocycles. The van der Waals surface area contributed by atoms with Crippen LogP contribution in [0.2, 0.25) is 0 Å². The van der Waals surface area contributed by atoms with Crippen LogP contribution in [0.1, 0.15) is 144 Å². The Kier molecular flexibility index (Phi) is 22.8. The highest BCUT2D eigenvalue weighted by atomic mass is 32.2. The van der Waals surface area contributed by atoms with Crippen molar-refractivity contribution in [1.82, 2.24) is 30.2 Å². The molecule has 648 valence electrons. The topological polar surface area (TPSA) is 304 Å². The van der Waals surface area contributed by atoms with Crippen LogP contribution in [0.5, 0.6) is 80.5 Å². The number of nitriles is 2. The van der Waals surface area contributed by atoms with Crippen LogP contribution >= 0.6 is 23.5 Å². The van der Waals surface area contributed by atoms with Gasteiger partial charge in [0, 0.05) is 93.3 Å². The van der Waals surface area contributed by atoms with Crippen LogP contribution in [0.25, 0.3) is 0 Å². The number of nitrogens with zero attached hydrogens (tertiary/aromatic N) is 6. The van der Waals surface area contributed by atoms with E-state index in [9.17, 15) is 25.2 Å². The summed E-state index contributed by atoms with van der Waals surface area (Å²) in [6.45, 7) is 30.8. The maximum absolute atomic E-state index is 15.2. The zero-order valence-electron chi connectivity index (χ0n) is 71.5. The fourth-order valence-electron chi connectivity index (χ4n) is 21.4. The molecule has 0 saturated carbocycles. The number of benzene rings is 6. The first-order chi connectivity index (χ1) is 59.3. The highest BCUT2D eigenvalue weighted by Crippen LogP contribution is 2.68. The van der Waals surface area contributed by atoms with Gasteiger partial charge in [0.05, 0.1) is 75.2 Å². The van der Waals surface area contributed by atoms with Crippen molar-refractivity contribution in [2.75, 3.05) is 120 Å². The van der Waals surface area contributed by atoms with Crippen molar-refractivity contribution in [2.45, 2.75) is 162 Å². The number of phenols is 1. The Labute approximate surface area is 724 Å². The van der Waals surface area contributed by atoms with Gasteiger partial charge in [0.15, 0.2) is 80.1 Å². The van der Waals surface area contributed by atoms with Crippen molar-refractivity contribution < 1.29 is 95.3 Å². The van der Waals surface area contributed by atoms with Gasteiger partial charge in [0.1, 0.15) is 68.8 Å². The normalized spacial score (nSPS) is 27.0. The standard InChI is InChI=1S/C49H56N4O11S.C44H48N4O9S/c1-11-15-58-41-26(4)42-44(62-24-61-42)36-32-22-60-46(54)49(29-20-33(56-9)34(19-27(29)13-14-51-49)63-47(55)64-48(5,6)7)23-65-45(37(36)41)39-38-35-28(18-30(52(38)8)31(21-50)53(32)39)17-25(3)40(57-10)43(35)59-16-12-2;1-8-12-53-38-23(4)39-41(57-21-56-39)33-29-19-55-43(50)44(26-17-31(51-6)30(49)16-24(26)10-11-46-44)20-58-42(34(33)38)36-35-32-25(15-27(47(35)5)28(18-45)48(29)36)14-22(3)37(52-7)40(32)54-13-9-2/h11-12,17,19-20,30-32,38-39,45,51H,1-2,13-16,18,22-24H2,3-10H3;8-9,14,16-17,27-29,35-36,42,46,49H,1-2,10-13,15,19-21H2,3-7H3/t30-,31-,32-,38+,39?,45+,49+;27-,28-,29-,35+,36?,42+,44+/m00/s1. The number of ether oxygens (including phenoxy) is 16. The molecule has 123 heavy (non-hydrogen) atoms. The van der Waals surface area contributed by atoms with Crippen molar-refractivity contribution >= 4 is 41.6 Å².